The third kappa shape index (κ3) is 3.07. The zero-order chi connectivity index (χ0) is 14.0. The molecule has 1 aliphatic carbocycles. The number of aryl methyl sites for hydroxylation is 1. The molecule has 20 heavy (non-hydrogen) atoms. The molecule has 110 valence electrons. The van der Waals surface area contributed by atoms with Crippen LogP contribution in [0.2, 0.25) is 0 Å². The first-order chi connectivity index (χ1) is 9.67. The maximum atomic E-state index is 6.37. The van der Waals surface area contributed by atoms with Crippen molar-refractivity contribution in [2.24, 2.45) is 5.73 Å². The summed E-state index contributed by atoms with van der Waals surface area (Å²) in [5.74, 6) is 0. The Hall–Kier alpha value is -0.860. The van der Waals surface area contributed by atoms with E-state index in [1.165, 1.54) is 49.7 Å². The third-order valence-electron chi connectivity index (χ3n) is 5.16. The molecule has 1 aliphatic heterocycles. The van der Waals surface area contributed by atoms with Crippen LogP contribution >= 0.6 is 0 Å². The Labute approximate surface area is 122 Å². The van der Waals surface area contributed by atoms with Gasteiger partial charge in [0.1, 0.15) is 0 Å². The molecule has 0 radical (unpaired) electrons. The van der Waals surface area contributed by atoms with Gasteiger partial charge in [-0.1, -0.05) is 37.1 Å². The lowest BCUT2D eigenvalue weighted by Gasteiger charge is -2.25. The van der Waals surface area contributed by atoms with Crippen LogP contribution in [0, 0.1) is 6.92 Å². The van der Waals surface area contributed by atoms with Crippen LogP contribution in [0.3, 0.4) is 0 Å². The topological polar surface area (TPSA) is 35.2 Å². The number of hydrogen-bond donors (Lipinski definition) is 1. The van der Waals surface area contributed by atoms with E-state index in [2.05, 4.69) is 31.2 Å². The summed E-state index contributed by atoms with van der Waals surface area (Å²) in [6, 6.07) is 8.78. The minimum Gasteiger partial charge on any atom is -0.372 e. The molecule has 3 rings (SSSR count). The average molecular weight is 273 g/mol. The first kappa shape index (κ1) is 14.1. The lowest BCUT2D eigenvalue weighted by molar-refractivity contribution is -0.0407. The van der Waals surface area contributed by atoms with Crippen molar-refractivity contribution in [1.82, 2.24) is 0 Å². The summed E-state index contributed by atoms with van der Waals surface area (Å²) < 4.78 is 6.37. The Balaban J connectivity index is 1.52. The first-order valence-electron chi connectivity index (χ1n) is 8.15. The van der Waals surface area contributed by atoms with Gasteiger partial charge in [-0.3, -0.25) is 0 Å². The van der Waals surface area contributed by atoms with E-state index in [4.69, 9.17) is 10.5 Å². The summed E-state index contributed by atoms with van der Waals surface area (Å²) in [4.78, 5) is 0. The largest absolute Gasteiger partial charge is 0.372 e. The highest BCUT2D eigenvalue weighted by Gasteiger charge is 2.42. The van der Waals surface area contributed by atoms with E-state index in [9.17, 15) is 0 Å². The summed E-state index contributed by atoms with van der Waals surface area (Å²) in [6.07, 6.45) is 10.1. The lowest BCUT2D eigenvalue weighted by atomic mass is 9.95. The maximum absolute atomic E-state index is 6.37. The van der Waals surface area contributed by atoms with Crippen molar-refractivity contribution in [1.29, 1.82) is 0 Å². The zero-order valence-corrected chi connectivity index (χ0v) is 12.6. The number of rotatable bonds is 4. The Kier molecular flexibility index (Phi) is 4.13. The van der Waals surface area contributed by atoms with Crippen molar-refractivity contribution in [2.75, 3.05) is 0 Å². The van der Waals surface area contributed by atoms with Gasteiger partial charge in [0.25, 0.3) is 0 Å². The normalized spacial score (nSPS) is 26.2. The standard InChI is InChI=1S/C18H27NO/c1-14-6-2-3-7-15(14)12-16(19)13-17-8-11-18(20-17)9-4-5-10-18/h2-3,6-7,16-17H,4-5,8-13,19H2,1H3. The SMILES string of the molecule is Cc1ccccc1CC(N)CC1CCC2(CCCC2)O1. The zero-order valence-electron chi connectivity index (χ0n) is 12.6. The Bertz CT molecular complexity index is 450. The highest BCUT2D eigenvalue weighted by molar-refractivity contribution is 5.26. The maximum Gasteiger partial charge on any atom is 0.0687 e. The van der Waals surface area contributed by atoms with Gasteiger partial charge >= 0.3 is 0 Å². The molecule has 1 aromatic carbocycles. The summed E-state index contributed by atoms with van der Waals surface area (Å²) in [7, 11) is 0. The van der Waals surface area contributed by atoms with Crippen LogP contribution in [0.5, 0.6) is 0 Å². The fraction of sp³-hybridized carbons (Fsp3) is 0.667. The van der Waals surface area contributed by atoms with Gasteiger partial charge in [0, 0.05) is 6.04 Å². The molecule has 2 aliphatic rings. The minimum atomic E-state index is 0.220. The molecule has 1 saturated heterocycles. The number of nitrogens with two attached hydrogens (primary N) is 1. The molecule has 2 heteroatoms. The molecule has 2 atom stereocenters. The summed E-state index contributed by atoms with van der Waals surface area (Å²) in [6.45, 7) is 2.17. The van der Waals surface area contributed by atoms with Gasteiger partial charge < -0.3 is 10.5 Å². The Morgan fingerprint density at radius 2 is 2.00 bits per heavy atom. The summed E-state index contributed by atoms with van der Waals surface area (Å²) in [5.41, 5.74) is 9.34. The third-order valence-corrected chi connectivity index (χ3v) is 5.16. The van der Waals surface area contributed by atoms with E-state index in [1.54, 1.807) is 0 Å². The molecule has 2 N–H and O–H groups in total. The fourth-order valence-corrected chi connectivity index (χ4v) is 3.99. The van der Waals surface area contributed by atoms with Gasteiger partial charge in [0.15, 0.2) is 0 Å². The van der Waals surface area contributed by atoms with Crippen LogP contribution in [-0.4, -0.2) is 17.7 Å². The smallest absolute Gasteiger partial charge is 0.0687 e. The second-order valence-corrected chi connectivity index (χ2v) is 6.80. The lowest BCUT2D eigenvalue weighted by Crippen LogP contribution is -2.31. The van der Waals surface area contributed by atoms with Crippen LogP contribution < -0.4 is 5.73 Å². The minimum absolute atomic E-state index is 0.220. The van der Waals surface area contributed by atoms with Crippen LogP contribution in [-0.2, 0) is 11.2 Å². The second-order valence-electron chi connectivity index (χ2n) is 6.80. The quantitative estimate of drug-likeness (QED) is 0.907. The van der Waals surface area contributed by atoms with Crippen LogP contribution in [0.4, 0.5) is 0 Å². The van der Waals surface area contributed by atoms with E-state index in [0.29, 0.717) is 6.10 Å². The number of ether oxygens (including phenoxy) is 1. The van der Waals surface area contributed by atoms with Crippen molar-refractivity contribution in [3.05, 3.63) is 35.4 Å². The Morgan fingerprint density at radius 1 is 1.25 bits per heavy atom. The van der Waals surface area contributed by atoms with Crippen LogP contribution in [0.15, 0.2) is 24.3 Å². The molecule has 1 spiro atoms. The predicted octanol–water partition coefficient (Wildman–Crippen LogP) is 3.75. The predicted molar refractivity (Wildman–Crippen MR) is 82.8 cm³/mol. The van der Waals surface area contributed by atoms with Crippen molar-refractivity contribution in [2.45, 2.75) is 76.0 Å². The molecular formula is C18H27NO. The van der Waals surface area contributed by atoms with Crippen molar-refractivity contribution in [3.8, 4) is 0 Å². The highest BCUT2D eigenvalue weighted by atomic mass is 16.5. The molecule has 2 unspecified atom stereocenters. The van der Waals surface area contributed by atoms with Gasteiger partial charge in [0.2, 0.25) is 0 Å². The molecule has 0 aromatic heterocycles. The van der Waals surface area contributed by atoms with Crippen molar-refractivity contribution in [3.63, 3.8) is 0 Å². The number of benzene rings is 1. The molecule has 2 nitrogen and oxygen atoms in total. The monoisotopic (exact) mass is 273 g/mol. The molecule has 0 amide bonds. The molecule has 1 aromatic rings. The Morgan fingerprint density at radius 3 is 2.75 bits per heavy atom. The van der Waals surface area contributed by atoms with Crippen LogP contribution in [0.1, 0.15) is 56.1 Å². The molecule has 0 bridgehead atoms. The van der Waals surface area contributed by atoms with E-state index in [0.717, 1.165) is 12.8 Å². The molecule has 2 fully saturated rings. The van der Waals surface area contributed by atoms with Gasteiger partial charge in [-0.05, 0) is 56.6 Å². The van der Waals surface area contributed by atoms with Crippen LogP contribution in [0.25, 0.3) is 0 Å². The van der Waals surface area contributed by atoms with Gasteiger partial charge in [-0.2, -0.15) is 0 Å². The molecule has 1 heterocycles. The van der Waals surface area contributed by atoms with E-state index in [-0.39, 0.29) is 11.6 Å². The summed E-state index contributed by atoms with van der Waals surface area (Å²) >= 11 is 0. The van der Waals surface area contributed by atoms with E-state index in [1.807, 2.05) is 0 Å². The van der Waals surface area contributed by atoms with E-state index < -0.39 is 0 Å². The number of hydrogen-bond acceptors (Lipinski definition) is 2. The van der Waals surface area contributed by atoms with Crippen molar-refractivity contribution < 1.29 is 4.74 Å². The van der Waals surface area contributed by atoms with Crippen molar-refractivity contribution >= 4 is 0 Å². The molecule has 1 saturated carbocycles. The highest BCUT2D eigenvalue weighted by Crippen LogP contribution is 2.44. The van der Waals surface area contributed by atoms with Gasteiger partial charge in [-0.15, -0.1) is 0 Å². The molecular weight excluding hydrogens is 246 g/mol. The average Bonchev–Trinajstić information content (AvgIpc) is 3.03. The van der Waals surface area contributed by atoms with Gasteiger partial charge in [0.05, 0.1) is 11.7 Å². The van der Waals surface area contributed by atoms with Gasteiger partial charge in [-0.25, -0.2) is 0 Å². The van der Waals surface area contributed by atoms with E-state index >= 15 is 0 Å². The second kappa shape index (κ2) is 5.87. The fourth-order valence-electron chi connectivity index (χ4n) is 3.99. The first-order valence-corrected chi connectivity index (χ1v) is 8.15. The summed E-state index contributed by atoms with van der Waals surface area (Å²) in [5, 5.41) is 0.